The molecule has 0 saturated heterocycles. The molecule has 0 spiro atoms. The summed E-state index contributed by atoms with van der Waals surface area (Å²) in [6.07, 6.45) is -0.497. The second-order valence-corrected chi connectivity index (χ2v) is 23.7. The molecule has 20 nitrogen and oxygen atoms in total. The molecule has 0 aliphatic rings. The number of carbonyl (C=O) groups excluding carboxylic acids is 6. The zero-order chi connectivity index (χ0) is 55.7. The first-order valence-electron chi connectivity index (χ1n) is 25.5. The van der Waals surface area contributed by atoms with Crippen molar-refractivity contribution in [1.82, 2.24) is 29.4 Å². The number of amides is 6. The predicted molar refractivity (Wildman–Crippen MR) is 275 cm³/mol. The summed E-state index contributed by atoms with van der Waals surface area (Å²) < 4.78 is 34.1. The van der Waals surface area contributed by atoms with Crippen molar-refractivity contribution < 1.29 is 57.2 Å². The second-order valence-electron chi connectivity index (χ2n) is 23.7. The van der Waals surface area contributed by atoms with Gasteiger partial charge < -0.3 is 57.8 Å². The largest absolute Gasteiger partial charge is 0.444 e. The van der Waals surface area contributed by atoms with Crippen molar-refractivity contribution >= 4 is 36.6 Å². The summed E-state index contributed by atoms with van der Waals surface area (Å²) in [7, 11) is 0. The summed E-state index contributed by atoms with van der Waals surface area (Å²) in [5.74, 6) is 0. The Morgan fingerprint density at radius 2 is 0.417 bits per heavy atom. The van der Waals surface area contributed by atoms with E-state index >= 15 is 0 Å². The van der Waals surface area contributed by atoms with Gasteiger partial charge in [-0.2, -0.15) is 10.5 Å². The third kappa shape index (κ3) is 34.1. The van der Waals surface area contributed by atoms with E-state index < -0.39 is 70.2 Å². The molecule has 0 aliphatic heterocycles. The van der Waals surface area contributed by atoms with Gasteiger partial charge in [0.25, 0.3) is 0 Å². The summed E-state index contributed by atoms with van der Waals surface area (Å²) in [6.45, 7) is 34.7. The van der Waals surface area contributed by atoms with Gasteiger partial charge in [0.05, 0.1) is 25.0 Å². The average molecular weight is 1020 g/mol. The number of nitrogens with zero attached hydrogens (tertiary/aromatic N) is 8. The fraction of sp³-hybridized carbons (Fsp3) is 0.846. The molecular weight excluding hydrogens is 929 g/mol. The molecule has 0 atom stereocenters. The fourth-order valence-corrected chi connectivity index (χ4v) is 6.51. The zero-order valence-corrected chi connectivity index (χ0v) is 47.6. The molecule has 414 valence electrons. The molecule has 0 radical (unpaired) electrons. The lowest BCUT2D eigenvalue weighted by molar-refractivity contribution is 0.0149. The van der Waals surface area contributed by atoms with Crippen LogP contribution in [0.5, 0.6) is 0 Å². The van der Waals surface area contributed by atoms with Crippen molar-refractivity contribution in [2.24, 2.45) is 0 Å². The maximum atomic E-state index is 13.6. The van der Waals surface area contributed by atoms with E-state index in [1.54, 1.807) is 144 Å². The Morgan fingerprint density at radius 3 is 0.556 bits per heavy atom. The minimum absolute atomic E-state index is 0.121. The van der Waals surface area contributed by atoms with Gasteiger partial charge in [-0.1, -0.05) is 0 Å². The van der Waals surface area contributed by atoms with Crippen LogP contribution >= 0.6 is 0 Å². The van der Waals surface area contributed by atoms with Gasteiger partial charge in [-0.3, -0.25) is 0 Å². The van der Waals surface area contributed by atoms with Crippen LogP contribution < -0.4 is 0 Å². The number of ether oxygens (including phenoxy) is 6. The Balaban J connectivity index is 6.16. The molecule has 0 aromatic heterocycles. The van der Waals surface area contributed by atoms with Crippen LogP contribution in [0, 0.1) is 22.7 Å². The van der Waals surface area contributed by atoms with Crippen molar-refractivity contribution in [3.63, 3.8) is 0 Å². The van der Waals surface area contributed by atoms with Crippen LogP contribution in [0.25, 0.3) is 0 Å². The highest BCUT2D eigenvalue weighted by atomic mass is 16.6. The SMILES string of the molecule is CC(C)(C)OC(=O)N(CCC#N)CCCN(CCCN(CCCCN(CCCN(CCCN(CCC#N)C(=O)OC(C)(C)C)C(=O)OC(C)(C)C)C(=O)OC(C)(C)C)C(=O)OC(C)(C)C)C(=O)OC(C)(C)C. The molecule has 72 heavy (non-hydrogen) atoms. The number of rotatable bonds is 25. The quantitative estimate of drug-likeness (QED) is 0.0613. The highest BCUT2D eigenvalue weighted by Crippen LogP contribution is 2.18. The maximum absolute atomic E-state index is 13.6. The molecule has 20 heteroatoms. The van der Waals surface area contributed by atoms with Crippen molar-refractivity contribution in [3.8, 4) is 12.1 Å². The summed E-state index contributed by atoms with van der Waals surface area (Å²) in [6, 6.07) is 4.13. The fourth-order valence-electron chi connectivity index (χ4n) is 6.51. The van der Waals surface area contributed by atoms with Crippen molar-refractivity contribution in [3.05, 3.63) is 0 Å². The lowest BCUT2D eigenvalue weighted by atomic mass is 10.2. The first kappa shape index (κ1) is 66.6. The van der Waals surface area contributed by atoms with Crippen molar-refractivity contribution in [2.75, 3.05) is 78.5 Å². The summed E-state index contributed by atoms with van der Waals surface area (Å²) in [5.41, 5.74) is -4.56. The van der Waals surface area contributed by atoms with Gasteiger partial charge >= 0.3 is 36.6 Å². The van der Waals surface area contributed by atoms with Gasteiger partial charge in [0.2, 0.25) is 0 Å². The van der Waals surface area contributed by atoms with E-state index in [0.29, 0.717) is 38.5 Å². The Labute approximate surface area is 432 Å². The molecule has 0 saturated carbocycles. The second kappa shape index (κ2) is 30.6. The summed E-state index contributed by atoms with van der Waals surface area (Å²) >= 11 is 0. The third-order valence-electron chi connectivity index (χ3n) is 9.43. The van der Waals surface area contributed by atoms with E-state index in [-0.39, 0.29) is 91.4 Å². The monoisotopic (exact) mass is 1020 g/mol. The zero-order valence-electron chi connectivity index (χ0n) is 47.6. The molecule has 0 unspecified atom stereocenters. The van der Waals surface area contributed by atoms with Crippen LogP contribution in [-0.2, 0) is 28.4 Å². The average Bonchev–Trinajstić information content (AvgIpc) is 3.17. The topological polar surface area (TPSA) is 225 Å². The number of unbranched alkanes of at least 4 members (excludes halogenated alkanes) is 1. The molecule has 6 amide bonds. The van der Waals surface area contributed by atoms with Crippen LogP contribution in [0.4, 0.5) is 28.8 Å². The van der Waals surface area contributed by atoms with Crippen LogP contribution in [-0.4, -0.2) is 178 Å². The summed E-state index contributed by atoms with van der Waals surface area (Å²) in [5, 5.41) is 18.4. The van der Waals surface area contributed by atoms with E-state index in [4.69, 9.17) is 28.4 Å². The smallest absolute Gasteiger partial charge is 0.410 e. The standard InChI is InChI=1S/C52H94N8O12/c1-47(2,3)67-41(61)55(33-23-37-59(45(65)71-51(13,14)15)39-25-35-57(31-21-27-53)43(63)69-49(7,8)9)29-19-20-30-56(42(62)68-48(4,5)6)34-24-38-60(46(66)72-52(16,17)18)40-26-36-58(32-22-28-54)44(64)70-50(10,11)12/h19-26,29-40H2,1-18H3. The van der Waals surface area contributed by atoms with Crippen LogP contribution in [0.15, 0.2) is 0 Å². The number of hydrogen-bond donors (Lipinski definition) is 0. The molecule has 0 heterocycles. The predicted octanol–water partition coefficient (Wildman–Crippen LogP) is 10.6. The first-order valence-corrected chi connectivity index (χ1v) is 25.5. The Kier molecular flexibility index (Phi) is 28.3. The minimum atomic E-state index is -0.779. The Bertz CT molecular complexity index is 1640. The third-order valence-corrected chi connectivity index (χ3v) is 9.43. The maximum Gasteiger partial charge on any atom is 0.410 e. The van der Waals surface area contributed by atoms with Crippen LogP contribution in [0.1, 0.15) is 176 Å². The van der Waals surface area contributed by atoms with Gasteiger partial charge in [-0.05, 0) is 163 Å². The lowest BCUT2D eigenvalue weighted by Gasteiger charge is -2.31. The highest BCUT2D eigenvalue weighted by molar-refractivity contribution is 5.70. The Morgan fingerprint density at radius 1 is 0.278 bits per heavy atom. The Hall–Kier alpha value is -5.40. The normalized spacial score (nSPS) is 12.1. The summed E-state index contributed by atoms with van der Waals surface area (Å²) in [4.78, 5) is 89.2. The lowest BCUT2D eigenvalue weighted by Crippen LogP contribution is -2.43. The first-order chi connectivity index (χ1) is 32.8. The van der Waals surface area contributed by atoms with E-state index in [1.165, 1.54) is 9.80 Å². The van der Waals surface area contributed by atoms with E-state index in [0.717, 1.165) is 0 Å². The highest BCUT2D eigenvalue weighted by Gasteiger charge is 2.29. The number of nitriles is 2. The van der Waals surface area contributed by atoms with Crippen molar-refractivity contribution in [2.45, 2.75) is 210 Å². The molecule has 0 rings (SSSR count). The van der Waals surface area contributed by atoms with Gasteiger partial charge in [0.15, 0.2) is 0 Å². The van der Waals surface area contributed by atoms with Gasteiger partial charge in [0.1, 0.15) is 33.6 Å². The molecule has 0 aromatic carbocycles. The van der Waals surface area contributed by atoms with E-state index in [9.17, 15) is 39.3 Å². The molecule has 0 aromatic rings. The molecule has 0 bridgehead atoms. The van der Waals surface area contributed by atoms with E-state index in [2.05, 4.69) is 12.1 Å². The molecule has 0 fully saturated rings. The van der Waals surface area contributed by atoms with E-state index in [1.807, 2.05) is 0 Å². The number of hydrogen-bond acceptors (Lipinski definition) is 14. The van der Waals surface area contributed by atoms with Crippen LogP contribution in [0.2, 0.25) is 0 Å². The van der Waals surface area contributed by atoms with Gasteiger partial charge in [0, 0.05) is 78.5 Å². The van der Waals surface area contributed by atoms with Gasteiger partial charge in [-0.25, -0.2) is 28.8 Å². The van der Waals surface area contributed by atoms with Crippen molar-refractivity contribution in [1.29, 1.82) is 10.5 Å². The number of carbonyl (C=O) groups is 6. The van der Waals surface area contributed by atoms with Crippen LogP contribution in [0.3, 0.4) is 0 Å². The molecular formula is C52H94N8O12. The minimum Gasteiger partial charge on any atom is -0.444 e. The van der Waals surface area contributed by atoms with Gasteiger partial charge in [-0.15, -0.1) is 0 Å². The molecule has 0 aliphatic carbocycles. The molecule has 0 N–H and O–H groups in total.